The number of carbonyl (C=O) groups is 2. The van der Waals surface area contributed by atoms with Gasteiger partial charge in [0.1, 0.15) is 0 Å². The van der Waals surface area contributed by atoms with E-state index >= 15 is 0 Å². The van der Waals surface area contributed by atoms with E-state index in [1.54, 1.807) is 24.3 Å². The third-order valence-corrected chi connectivity index (χ3v) is 7.08. The highest BCUT2D eigenvalue weighted by atomic mass is 35.5. The fraction of sp³-hybridized carbons (Fsp3) is 0.531. The molecule has 0 radical (unpaired) electrons. The Kier molecular flexibility index (Phi) is 17.1. The third kappa shape index (κ3) is 13.7. The minimum atomic E-state index is -0.621. The number of amides is 1. The Morgan fingerprint density at radius 3 is 2.02 bits per heavy atom. The van der Waals surface area contributed by atoms with E-state index in [0.29, 0.717) is 29.4 Å². The maximum Gasteiger partial charge on any atom is 0.345 e. The highest BCUT2D eigenvalue weighted by Gasteiger charge is 2.16. The van der Waals surface area contributed by atoms with Gasteiger partial charge in [0, 0.05) is 11.4 Å². The van der Waals surface area contributed by atoms with Gasteiger partial charge in [0.15, 0.2) is 11.5 Å². The van der Waals surface area contributed by atoms with Crippen LogP contribution in [0.4, 0.5) is 0 Å². The summed E-state index contributed by atoms with van der Waals surface area (Å²) in [6.07, 6.45) is 18.5. The van der Waals surface area contributed by atoms with Crippen molar-refractivity contribution in [3.63, 3.8) is 0 Å². The van der Waals surface area contributed by atoms with Crippen LogP contribution in [0.25, 0.3) is 0 Å². The molecule has 6 nitrogen and oxygen atoms in total. The Hall–Kier alpha value is -2.57. The number of esters is 1. The van der Waals surface area contributed by atoms with Crippen molar-refractivity contribution in [1.29, 1.82) is 0 Å². The lowest BCUT2D eigenvalue weighted by atomic mass is 10.0. The molecule has 40 heavy (non-hydrogen) atoms. The summed E-state index contributed by atoms with van der Waals surface area (Å²) >= 11 is 12.0. The van der Waals surface area contributed by atoms with Gasteiger partial charge in [-0.3, -0.25) is 4.79 Å². The molecule has 1 N–H and O–H groups in total. The van der Waals surface area contributed by atoms with Crippen molar-refractivity contribution in [3.05, 3.63) is 57.6 Å². The quantitative estimate of drug-likeness (QED) is 0.0547. The summed E-state index contributed by atoms with van der Waals surface area (Å²) in [6.45, 7) is 4.47. The van der Waals surface area contributed by atoms with Gasteiger partial charge in [0.2, 0.25) is 5.91 Å². The van der Waals surface area contributed by atoms with Crippen molar-refractivity contribution >= 4 is 41.3 Å². The van der Waals surface area contributed by atoms with Crippen molar-refractivity contribution < 1.29 is 19.1 Å². The van der Waals surface area contributed by atoms with Gasteiger partial charge in [-0.05, 0) is 55.3 Å². The largest absolute Gasteiger partial charge is 0.490 e. The first-order chi connectivity index (χ1) is 19.4. The summed E-state index contributed by atoms with van der Waals surface area (Å²) < 4.78 is 11.2. The van der Waals surface area contributed by atoms with Gasteiger partial charge < -0.3 is 9.47 Å². The number of nitrogens with zero attached hydrogens (tertiary/aromatic N) is 1. The monoisotopic (exact) mass is 590 g/mol. The second-order valence-electron chi connectivity index (χ2n) is 9.94. The summed E-state index contributed by atoms with van der Waals surface area (Å²) in [6, 6.07) is 9.59. The van der Waals surface area contributed by atoms with Crippen LogP contribution in [0.5, 0.6) is 11.5 Å². The number of ether oxygens (including phenoxy) is 2. The molecule has 0 aliphatic rings. The topological polar surface area (TPSA) is 77.0 Å². The molecule has 0 saturated carbocycles. The predicted octanol–water partition coefficient (Wildman–Crippen LogP) is 9.54. The highest BCUT2D eigenvalue weighted by molar-refractivity contribution is 6.36. The minimum absolute atomic E-state index is 0.102. The second kappa shape index (κ2) is 20.3. The van der Waals surface area contributed by atoms with Gasteiger partial charge in [0.25, 0.3) is 0 Å². The molecule has 0 bridgehead atoms. The Labute approximate surface area is 249 Å². The van der Waals surface area contributed by atoms with Crippen molar-refractivity contribution in [3.8, 4) is 11.5 Å². The molecule has 0 saturated heterocycles. The molecule has 2 rings (SSSR count). The Bertz CT molecular complexity index is 1070. The van der Waals surface area contributed by atoms with Crippen LogP contribution >= 0.6 is 23.2 Å². The number of rotatable bonds is 20. The summed E-state index contributed by atoms with van der Waals surface area (Å²) in [4.78, 5) is 24.7. The van der Waals surface area contributed by atoms with Gasteiger partial charge in [-0.25, -0.2) is 10.2 Å². The summed E-state index contributed by atoms with van der Waals surface area (Å²) in [5.74, 6) is -0.0936. The number of halogens is 2. The van der Waals surface area contributed by atoms with Gasteiger partial charge >= 0.3 is 5.97 Å². The molecule has 0 heterocycles. The SMILES string of the molecule is CCCCCCCCCCCCCCCC(=O)N/N=C/c1ccc(OC(=O)c2ccc(Cl)cc2Cl)c(OCC)c1. The zero-order chi connectivity index (χ0) is 29.0. The van der Waals surface area contributed by atoms with Crippen molar-refractivity contribution in [2.45, 2.75) is 104 Å². The van der Waals surface area contributed by atoms with E-state index in [9.17, 15) is 9.59 Å². The standard InChI is InChI=1S/C32H44Cl2N2O4/c1-3-5-6-7-8-9-10-11-12-13-14-15-16-17-31(37)36-35-24-25-18-21-29(30(22-25)39-4-2)40-32(38)27-20-19-26(33)23-28(27)34/h18-24H,3-17H2,1-2H3,(H,36,37)/b35-24+. The highest BCUT2D eigenvalue weighted by Crippen LogP contribution is 2.30. The van der Waals surface area contributed by atoms with Gasteiger partial charge in [0.05, 0.1) is 23.4 Å². The first-order valence-corrected chi connectivity index (χ1v) is 15.5. The maximum atomic E-state index is 12.6. The lowest BCUT2D eigenvalue weighted by Gasteiger charge is -2.12. The normalized spacial score (nSPS) is 11.1. The maximum absolute atomic E-state index is 12.6. The lowest BCUT2D eigenvalue weighted by molar-refractivity contribution is -0.121. The fourth-order valence-corrected chi connectivity index (χ4v) is 4.79. The summed E-state index contributed by atoms with van der Waals surface area (Å²) in [5.41, 5.74) is 3.47. The summed E-state index contributed by atoms with van der Waals surface area (Å²) in [7, 11) is 0. The van der Waals surface area contributed by atoms with Crippen LogP contribution in [0.1, 0.15) is 120 Å². The molecule has 2 aromatic carbocycles. The van der Waals surface area contributed by atoms with Crippen molar-refractivity contribution in [1.82, 2.24) is 5.43 Å². The van der Waals surface area contributed by atoms with E-state index in [0.717, 1.165) is 12.8 Å². The lowest BCUT2D eigenvalue weighted by Crippen LogP contribution is -2.16. The first kappa shape index (κ1) is 33.6. The van der Waals surface area contributed by atoms with E-state index in [4.69, 9.17) is 32.7 Å². The number of benzene rings is 2. The molecule has 0 aromatic heterocycles. The Balaban J connectivity index is 1.67. The number of nitrogens with one attached hydrogen (secondary N) is 1. The van der Waals surface area contributed by atoms with Crippen LogP contribution < -0.4 is 14.9 Å². The number of hydrogen-bond acceptors (Lipinski definition) is 5. The number of hydrogen-bond donors (Lipinski definition) is 1. The second-order valence-corrected chi connectivity index (χ2v) is 10.8. The van der Waals surface area contributed by atoms with Crippen LogP contribution in [-0.2, 0) is 4.79 Å². The molecule has 0 aliphatic heterocycles. The Morgan fingerprint density at radius 2 is 1.43 bits per heavy atom. The minimum Gasteiger partial charge on any atom is -0.490 e. The molecule has 2 aromatic rings. The van der Waals surface area contributed by atoms with Gasteiger partial charge in [-0.1, -0.05) is 107 Å². The van der Waals surface area contributed by atoms with Gasteiger partial charge in [-0.2, -0.15) is 5.10 Å². The van der Waals surface area contributed by atoms with Gasteiger partial charge in [-0.15, -0.1) is 0 Å². The molecule has 220 valence electrons. The zero-order valence-corrected chi connectivity index (χ0v) is 25.5. The summed E-state index contributed by atoms with van der Waals surface area (Å²) in [5, 5.41) is 4.69. The molecule has 0 aliphatic carbocycles. The van der Waals surface area contributed by atoms with Crippen LogP contribution in [-0.4, -0.2) is 24.7 Å². The first-order valence-electron chi connectivity index (χ1n) is 14.7. The smallest absolute Gasteiger partial charge is 0.345 e. The average Bonchev–Trinajstić information content (AvgIpc) is 2.92. The molecule has 8 heteroatoms. The van der Waals surface area contributed by atoms with E-state index in [1.807, 2.05) is 6.92 Å². The molecular weight excluding hydrogens is 547 g/mol. The third-order valence-electron chi connectivity index (χ3n) is 6.53. The number of unbranched alkanes of at least 4 members (excludes halogenated alkanes) is 12. The van der Waals surface area contributed by atoms with E-state index < -0.39 is 5.97 Å². The number of carbonyl (C=O) groups excluding carboxylic acids is 2. The molecular formula is C32H44Cl2N2O4. The average molecular weight is 592 g/mol. The van der Waals surface area contributed by atoms with E-state index in [2.05, 4.69) is 17.5 Å². The fourth-order valence-electron chi connectivity index (χ4n) is 4.31. The molecule has 1 amide bonds. The molecule has 0 unspecified atom stereocenters. The van der Waals surface area contributed by atoms with Crippen LogP contribution in [0.3, 0.4) is 0 Å². The van der Waals surface area contributed by atoms with Crippen molar-refractivity contribution in [2.24, 2.45) is 5.10 Å². The predicted molar refractivity (Wildman–Crippen MR) is 165 cm³/mol. The van der Waals surface area contributed by atoms with Crippen LogP contribution in [0.2, 0.25) is 10.0 Å². The Morgan fingerprint density at radius 1 is 0.800 bits per heavy atom. The number of hydrazone groups is 1. The van der Waals surface area contributed by atoms with E-state index in [-0.39, 0.29) is 22.2 Å². The van der Waals surface area contributed by atoms with Crippen LogP contribution in [0.15, 0.2) is 41.5 Å². The van der Waals surface area contributed by atoms with E-state index in [1.165, 1.54) is 89.0 Å². The van der Waals surface area contributed by atoms with Crippen LogP contribution in [0, 0.1) is 0 Å². The van der Waals surface area contributed by atoms with Crippen molar-refractivity contribution in [2.75, 3.05) is 6.61 Å². The molecule has 0 fully saturated rings. The zero-order valence-electron chi connectivity index (χ0n) is 24.0. The molecule has 0 spiro atoms. The molecule has 0 atom stereocenters.